The molecule has 3 heteroatoms. The van der Waals surface area contributed by atoms with Gasteiger partial charge in [0.25, 0.3) is 0 Å². The highest BCUT2D eigenvalue weighted by molar-refractivity contribution is 5.71. The number of rotatable bonds is 4. The van der Waals surface area contributed by atoms with E-state index >= 15 is 0 Å². The SMILES string of the molecule is C=CCc1ccccc1CNC(N)=O. The summed E-state index contributed by atoms with van der Waals surface area (Å²) in [6.07, 6.45) is 2.64. The van der Waals surface area contributed by atoms with E-state index in [1.54, 1.807) is 0 Å². The maximum Gasteiger partial charge on any atom is 0.312 e. The predicted octanol–water partition coefficient (Wildman–Crippen LogP) is 1.58. The van der Waals surface area contributed by atoms with Crippen molar-refractivity contribution in [3.63, 3.8) is 0 Å². The Morgan fingerprint density at radius 1 is 1.43 bits per heavy atom. The van der Waals surface area contributed by atoms with E-state index in [9.17, 15) is 4.79 Å². The number of hydrogen-bond acceptors (Lipinski definition) is 1. The lowest BCUT2D eigenvalue weighted by molar-refractivity contribution is 0.248. The summed E-state index contributed by atoms with van der Waals surface area (Å²) in [5.74, 6) is 0. The monoisotopic (exact) mass is 190 g/mol. The topological polar surface area (TPSA) is 55.1 Å². The molecule has 1 aromatic rings. The zero-order valence-corrected chi connectivity index (χ0v) is 7.99. The summed E-state index contributed by atoms with van der Waals surface area (Å²) >= 11 is 0. The van der Waals surface area contributed by atoms with Gasteiger partial charge in [-0.2, -0.15) is 0 Å². The third-order valence-corrected chi connectivity index (χ3v) is 1.94. The third kappa shape index (κ3) is 2.94. The zero-order valence-electron chi connectivity index (χ0n) is 7.99. The molecule has 1 rings (SSSR count). The second kappa shape index (κ2) is 5.07. The van der Waals surface area contributed by atoms with Crippen LogP contribution in [0.3, 0.4) is 0 Å². The van der Waals surface area contributed by atoms with Crippen LogP contribution in [0.15, 0.2) is 36.9 Å². The maximum atomic E-state index is 10.5. The smallest absolute Gasteiger partial charge is 0.312 e. The first-order chi connectivity index (χ1) is 6.74. The number of carbonyl (C=O) groups is 1. The minimum atomic E-state index is -0.501. The number of urea groups is 1. The highest BCUT2D eigenvalue weighted by atomic mass is 16.2. The number of carbonyl (C=O) groups excluding carboxylic acids is 1. The van der Waals surface area contributed by atoms with Gasteiger partial charge in [-0.3, -0.25) is 0 Å². The molecule has 0 aliphatic heterocycles. The van der Waals surface area contributed by atoms with E-state index in [0.29, 0.717) is 6.54 Å². The van der Waals surface area contributed by atoms with Crippen molar-refractivity contribution < 1.29 is 4.79 Å². The van der Waals surface area contributed by atoms with Crippen LogP contribution in [-0.2, 0) is 13.0 Å². The Balaban J connectivity index is 2.73. The molecule has 0 fully saturated rings. The molecule has 0 saturated carbocycles. The number of hydrogen-bond donors (Lipinski definition) is 2. The number of allylic oxidation sites excluding steroid dienone is 1. The highest BCUT2D eigenvalue weighted by Gasteiger charge is 2.00. The quantitative estimate of drug-likeness (QED) is 0.696. The van der Waals surface area contributed by atoms with Crippen LogP contribution in [0, 0.1) is 0 Å². The average molecular weight is 190 g/mol. The Bertz CT molecular complexity index is 334. The molecule has 3 nitrogen and oxygen atoms in total. The van der Waals surface area contributed by atoms with Crippen molar-refractivity contribution in [2.45, 2.75) is 13.0 Å². The lowest BCUT2D eigenvalue weighted by Gasteiger charge is -2.07. The molecule has 0 atom stereocenters. The Hall–Kier alpha value is -1.77. The predicted molar refractivity (Wildman–Crippen MR) is 56.8 cm³/mol. The largest absolute Gasteiger partial charge is 0.352 e. The second-order valence-corrected chi connectivity index (χ2v) is 2.98. The first kappa shape index (κ1) is 10.3. The summed E-state index contributed by atoms with van der Waals surface area (Å²) in [5.41, 5.74) is 7.23. The molecule has 0 radical (unpaired) electrons. The minimum Gasteiger partial charge on any atom is -0.352 e. The van der Waals surface area contributed by atoms with Crippen molar-refractivity contribution in [1.29, 1.82) is 0 Å². The van der Waals surface area contributed by atoms with Crippen LogP contribution >= 0.6 is 0 Å². The van der Waals surface area contributed by atoms with Crippen LogP contribution in [0.4, 0.5) is 4.79 Å². The van der Waals surface area contributed by atoms with E-state index in [2.05, 4.69) is 11.9 Å². The molecule has 0 spiro atoms. The van der Waals surface area contributed by atoms with Gasteiger partial charge in [-0.15, -0.1) is 6.58 Å². The Kier molecular flexibility index (Phi) is 3.73. The molecule has 74 valence electrons. The van der Waals surface area contributed by atoms with Crippen molar-refractivity contribution in [3.05, 3.63) is 48.0 Å². The first-order valence-corrected chi connectivity index (χ1v) is 4.45. The van der Waals surface area contributed by atoms with Crippen molar-refractivity contribution in [2.24, 2.45) is 5.73 Å². The van der Waals surface area contributed by atoms with Crippen molar-refractivity contribution in [1.82, 2.24) is 5.32 Å². The maximum absolute atomic E-state index is 10.5. The second-order valence-electron chi connectivity index (χ2n) is 2.98. The van der Waals surface area contributed by atoms with Crippen LogP contribution in [0.2, 0.25) is 0 Å². The molecule has 0 bridgehead atoms. The van der Waals surface area contributed by atoms with Gasteiger partial charge in [-0.25, -0.2) is 4.79 Å². The van der Waals surface area contributed by atoms with Gasteiger partial charge in [0.15, 0.2) is 0 Å². The van der Waals surface area contributed by atoms with Gasteiger partial charge in [0.1, 0.15) is 0 Å². The van der Waals surface area contributed by atoms with E-state index in [1.165, 1.54) is 0 Å². The Labute approximate surface area is 83.6 Å². The van der Waals surface area contributed by atoms with E-state index in [4.69, 9.17) is 5.73 Å². The lowest BCUT2D eigenvalue weighted by atomic mass is 10.0. The van der Waals surface area contributed by atoms with E-state index in [0.717, 1.165) is 17.5 Å². The lowest BCUT2D eigenvalue weighted by Crippen LogP contribution is -2.28. The molecule has 0 saturated heterocycles. The fourth-order valence-corrected chi connectivity index (χ4v) is 1.27. The van der Waals surface area contributed by atoms with Gasteiger partial charge in [-0.1, -0.05) is 30.3 Å². The van der Waals surface area contributed by atoms with Crippen LogP contribution in [-0.4, -0.2) is 6.03 Å². The molecule has 2 amide bonds. The Morgan fingerprint density at radius 2 is 2.07 bits per heavy atom. The van der Waals surface area contributed by atoms with Gasteiger partial charge in [0.2, 0.25) is 0 Å². The molecule has 14 heavy (non-hydrogen) atoms. The van der Waals surface area contributed by atoms with E-state index in [-0.39, 0.29) is 0 Å². The number of nitrogens with two attached hydrogens (primary N) is 1. The molecule has 0 aliphatic rings. The van der Waals surface area contributed by atoms with E-state index in [1.807, 2.05) is 30.3 Å². The first-order valence-electron chi connectivity index (χ1n) is 4.45. The normalized spacial score (nSPS) is 9.43. The van der Waals surface area contributed by atoms with Crippen molar-refractivity contribution in [3.8, 4) is 0 Å². The van der Waals surface area contributed by atoms with Gasteiger partial charge >= 0.3 is 6.03 Å². The molecule has 3 N–H and O–H groups in total. The zero-order chi connectivity index (χ0) is 10.4. The molecule has 0 aliphatic carbocycles. The number of amides is 2. The van der Waals surface area contributed by atoms with Crippen LogP contribution in [0.1, 0.15) is 11.1 Å². The molecular formula is C11H14N2O. The summed E-state index contributed by atoms with van der Waals surface area (Å²) in [6.45, 7) is 4.15. The summed E-state index contributed by atoms with van der Waals surface area (Å²) in [7, 11) is 0. The molecule has 0 aromatic heterocycles. The molecule has 0 unspecified atom stereocenters. The number of benzene rings is 1. The number of nitrogens with one attached hydrogen (secondary N) is 1. The summed E-state index contributed by atoms with van der Waals surface area (Å²) < 4.78 is 0. The van der Waals surface area contributed by atoms with Gasteiger partial charge in [0, 0.05) is 6.54 Å². The molecule has 1 aromatic carbocycles. The van der Waals surface area contributed by atoms with Gasteiger partial charge < -0.3 is 11.1 Å². The fraction of sp³-hybridized carbons (Fsp3) is 0.182. The Morgan fingerprint density at radius 3 is 2.64 bits per heavy atom. The summed E-state index contributed by atoms with van der Waals surface area (Å²) in [4.78, 5) is 10.5. The van der Waals surface area contributed by atoms with Crippen molar-refractivity contribution >= 4 is 6.03 Å². The fourth-order valence-electron chi connectivity index (χ4n) is 1.27. The highest BCUT2D eigenvalue weighted by Crippen LogP contribution is 2.09. The molecular weight excluding hydrogens is 176 g/mol. The van der Waals surface area contributed by atoms with Gasteiger partial charge in [-0.05, 0) is 17.5 Å². The number of primary amides is 1. The average Bonchev–Trinajstić information content (AvgIpc) is 2.17. The van der Waals surface area contributed by atoms with Crippen molar-refractivity contribution in [2.75, 3.05) is 0 Å². The minimum absolute atomic E-state index is 0.472. The van der Waals surface area contributed by atoms with Crippen LogP contribution in [0.5, 0.6) is 0 Å². The molecule has 0 heterocycles. The summed E-state index contributed by atoms with van der Waals surface area (Å²) in [6, 6.07) is 7.38. The van der Waals surface area contributed by atoms with Crippen LogP contribution < -0.4 is 11.1 Å². The van der Waals surface area contributed by atoms with E-state index < -0.39 is 6.03 Å². The van der Waals surface area contributed by atoms with Crippen LogP contribution in [0.25, 0.3) is 0 Å². The third-order valence-electron chi connectivity index (χ3n) is 1.94. The van der Waals surface area contributed by atoms with Gasteiger partial charge in [0.05, 0.1) is 0 Å². The standard InChI is InChI=1S/C11H14N2O/c1-2-5-9-6-3-4-7-10(9)8-13-11(12)14/h2-4,6-7H,1,5,8H2,(H3,12,13,14). The summed E-state index contributed by atoms with van der Waals surface area (Å²) in [5, 5.41) is 2.57.